The van der Waals surface area contributed by atoms with E-state index in [9.17, 15) is 4.79 Å². The Hall–Kier alpha value is -4.38. The Morgan fingerprint density at radius 2 is 1.41 bits per heavy atom. The molecule has 0 aromatic heterocycles. The number of carbonyl (C=O) groups excluding carboxylic acids is 1. The first-order valence-corrected chi connectivity index (χ1v) is 11.0. The number of methoxy groups -OCH3 is 1. The highest BCUT2D eigenvalue weighted by molar-refractivity contribution is 5.88. The second-order valence-electron chi connectivity index (χ2n) is 7.67. The summed E-state index contributed by atoms with van der Waals surface area (Å²) >= 11 is 0. The molecule has 0 aliphatic carbocycles. The van der Waals surface area contributed by atoms with E-state index < -0.39 is 5.92 Å². The summed E-state index contributed by atoms with van der Waals surface area (Å²) in [6.45, 7) is 0.445. The standard InChI is InChI=1S/C29H26N2O3/c1-33-27-19-23(17-18-26(27)34-21-22-11-5-2-6-12-22)20-30-31-29(32)28(24-13-7-3-8-14-24)25-15-9-4-10-16-25/h2-20,28H,21H2,1H3,(H,31,32)/b30-20+. The Labute approximate surface area is 199 Å². The molecule has 0 aliphatic rings. The van der Waals surface area contributed by atoms with Crippen LogP contribution in [0.3, 0.4) is 0 Å². The largest absolute Gasteiger partial charge is 0.493 e. The third-order valence-corrected chi connectivity index (χ3v) is 5.34. The highest BCUT2D eigenvalue weighted by Crippen LogP contribution is 2.28. The van der Waals surface area contributed by atoms with Crippen LogP contribution in [-0.4, -0.2) is 19.2 Å². The van der Waals surface area contributed by atoms with Crippen molar-refractivity contribution in [1.82, 2.24) is 5.43 Å². The number of ether oxygens (including phenoxy) is 2. The molecule has 0 bridgehead atoms. The van der Waals surface area contributed by atoms with Gasteiger partial charge in [0.2, 0.25) is 0 Å². The van der Waals surface area contributed by atoms with Gasteiger partial charge in [0.25, 0.3) is 5.91 Å². The monoisotopic (exact) mass is 450 g/mol. The molecule has 0 heterocycles. The number of hydrazone groups is 1. The first-order valence-electron chi connectivity index (χ1n) is 11.0. The van der Waals surface area contributed by atoms with Crippen molar-refractivity contribution in [1.29, 1.82) is 0 Å². The van der Waals surface area contributed by atoms with Crippen LogP contribution in [0.2, 0.25) is 0 Å². The molecule has 34 heavy (non-hydrogen) atoms. The van der Waals surface area contributed by atoms with Gasteiger partial charge in [-0.2, -0.15) is 5.10 Å². The van der Waals surface area contributed by atoms with Gasteiger partial charge in [0.15, 0.2) is 11.5 Å². The smallest absolute Gasteiger partial charge is 0.252 e. The third-order valence-electron chi connectivity index (χ3n) is 5.34. The molecule has 4 aromatic rings. The molecule has 0 atom stereocenters. The van der Waals surface area contributed by atoms with Crippen LogP contribution < -0.4 is 14.9 Å². The van der Waals surface area contributed by atoms with E-state index in [-0.39, 0.29) is 5.91 Å². The van der Waals surface area contributed by atoms with Gasteiger partial charge < -0.3 is 9.47 Å². The van der Waals surface area contributed by atoms with Crippen LogP contribution in [0.1, 0.15) is 28.2 Å². The summed E-state index contributed by atoms with van der Waals surface area (Å²) in [5.41, 5.74) is 6.35. The Morgan fingerprint density at radius 1 is 0.824 bits per heavy atom. The van der Waals surface area contributed by atoms with Gasteiger partial charge >= 0.3 is 0 Å². The average Bonchev–Trinajstić information content (AvgIpc) is 2.90. The number of nitrogens with one attached hydrogen (secondary N) is 1. The highest BCUT2D eigenvalue weighted by atomic mass is 16.5. The Bertz CT molecular complexity index is 1190. The highest BCUT2D eigenvalue weighted by Gasteiger charge is 2.22. The van der Waals surface area contributed by atoms with Gasteiger partial charge in [0.1, 0.15) is 6.61 Å². The number of carbonyl (C=O) groups is 1. The summed E-state index contributed by atoms with van der Waals surface area (Å²) in [5, 5.41) is 4.19. The molecule has 0 unspecified atom stereocenters. The zero-order valence-corrected chi connectivity index (χ0v) is 18.9. The Balaban J connectivity index is 1.44. The molecule has 0 fully saturated rings. The maximum absolute atomic E-state index is 13.1. The predicted octanol–water partition coefficient (Wildman–Crippen LogP) is 5.56. The first-order chi connectivity index (χ1) is 16.7. The predicted molar refractivity (Wildman–Crippen MR) is 134 cm³/mol. The fourth-order valence-electron chi connectivity index (χ4n) is 3.64. The van der Waals surface area contributed by atoms with Gasteiger partial charge in [-0.05, 0) is 40.5 Å². The summed E-state index contributed by atoms with van der Waals surface area (Å²) in [6.07, 6.45) is 1.59. The van der Waals surface area contributed by atoms with E-state index in [2.05, 4.69) is 10.5 Å². The van der Waals surface area contributed by atoms with Crippen molar-refractivity contribution in [3.8, 4) is 11.5 Å². The van der Waals surface area contributed by atoms with E-state index >= 15 is 0 Å². The van der Waals surface area contributed by atoms with Gasteiger partial charge in [0.05, 0.1) is 19.2 Å². The third kappa shape index (κ3) is 5.90. The topological polar surface area (TPSA) is 59.9 Å². The fraction of sp³-hybridized carbons (Fsp3) is 0.103. The molecule has 4 aromatic carbocycles. The minimum Gasteiger partial charge on any atom is -0.493 e. The maximum atomic E-state index is 13.1. The molecule has 1 amide bonds. The molecule has 1 N–H and O–H groups in total. The molecule has 0 radical (unpaired) electrons. The molecule has 5 heteroatoms. The van der Waals surface area contributed by atoms with E-state index in [1.54, 1.807) is 13.3 Å². The fourth-order valence-corrected chi connectivity index (χ4v) is 3.64. The maximum Gasteiger partial charge on any atom is 0.252 e. The van der Waals surface area contributed by atoms with E-state index in [0.29, 0.717) is 18.1 Å². The number of nitrogens with zero attached hydrogens (tertiary/aromatic N) is 1. The van der Waals surface area contributed by atoms with Crippen LogP contribution >= 0.6 is 0 Å². The van der Waals surface area contributed by atoms with Crippen LogP contribution in [0, 0.1) is 0 Å². The van der Waals surface area contributed by atoms with Crippen LogP contribution in [-0.2, 0) is 11.4 Å². The molecule has 170 valence electrons. The van der Waals surface area contributed by atoms with Crippen LogP contribution in [0.4, 0.5) is 0 Å². The van der Waals surface area contributed by atoms with Crippen molar-refractivity contribution in [3.63, 3.8) is 0 Å². The number of benzene rings is 4. The van der Waals surface area contributed by atoms with Crippen molar-refractivity contribution < 1.29 is 14.3 Å². The van der Waals surface area contributed by atoms with Crippen LogP contribution in [0.5, 0.6) is 11.5 Å². The Kier molecular flexibility index (Phi) is 7.70. The second kappa shape index (κ2) is 11.5. The SMILES string of the molecule is COc1cc(/C=N/NC(=O)C(c2ccccc2)c2ccccc2)ccc1OCc1ccccc1. The summed E-state index contributed by atoms with van der Waals surface area (Å²) in [6, 6.07) is 34.8. The van der Waals surface area contributed by atoms with Crippen molar-refractivity contribution >= 4 is 12.1 Å². The minimum absolute atomic E-state index is 0.205. The quantitative estimate of drug-likeness (QED) is 0.268. The lowest BCUT2D eigenvalue weighted by atomic mass is 9.91. The van der Waals surface area contributed by atoms with E-state index in [1.807, 2.05) is 109 Å². The molecule has 4 rings (SSSR count). The lowest BCUT2D eigenvalue weighted by molar-refractivity contribution is -0.121. The minimum atomic E-state index is -0.456. The summed E-state index contributed by atoms with van der Waals surface area (Å²) < 4.78 is 11.4. The van der Waals surface area contributed by atoms with Crippen molar-refractivity contribution in [2.24, 2.45) is 5.10 Å². The number of hydrogen-bond donors (Lipinski definition) is 1. The van der Waals surface area contributed by atoms with Crippen molar-refractivity contribution in [2.75, 3.05) is 7.11 Å². The van der Waals surface area contributed by atoms with E-state index in [0.717, 1.165) is 22.3 Å². The first kappa shape index (κ1) is 22.8. The summed E-state index contributed by atoms with van der Waals surface area (Å²) in [7, 11) is 1.59. The van der Waals surface area contributed by atoms with Gasteiger partial charge in [-0.3, -0.25) is 4.79 Å². The molecular formula is C29H26N2O3. The zero-order valence-electron chi connectivity index (χ0n) is 18.9. The van der Waals surface area contributed by atoms with Gasteiger partial charge in [0, 0.05) is 0 Å². The van der Waals surface area contributed by atoms with E-state index in [1.165, 1.54) is 0 Å². The number of amides is 1. The molecule has 0 saturated heterocycles. The summed E-state index contributed by atoms with van der Waals surface area (Å²) in [5.74, 6) is 0.574. The molecule has 0 aliphatic heterocycles. The number of rotatable bonds is 9. The van der Waals surface area contributed by atoms with Crippen molar-refractivity contribution in [2.45, 2.75) is 12.5 Å². The molecule has 0 spiro atoms. The number of hydrogen-bond acceptors (Lipinski definition) is 4. The van der Waals surface area contributed by atoms with Gasteiger partial charge in [-0.25, -0.2) is 5.43 Å². The van der Waals surface area contributed by atoms with Gasteiger partial charge in [-0.15, -0.1) is 0 Å². The van der Waals surface area contributed by atoms with Gasteiger partial charge in [-0.1, -0.05) is 91.0 Å². The second-order valence-corrected chi connectivity index (χ2v) is 7.67. The van der Waals surface area contributed by atoms with E-state index in [4.69, 9.17) is 9.47 Å². The Morgan fingerprint density at radius 3 is 2.00 bits per heavy atom. The average molecular weight is 451 g/mol. The lowest BCUT2D eigenvalue weighted by Crippen LogP contribution is -2.26. The molecular weight excluding hydrogens is 424 g/mol. The normalized spacial score (nSPS) is 10.9. The van der Waals surface area contributed by atoms with Crippen molar-refractivity contribution in [3.05, 3.63) is 131 Å². The molecule has 5 nitrogen and oxygen atoms in total. The lowest BCUT2D eigenvalue weighted by Gasteiger charge is -2.16. The zero-order chi connectivity index (χ0) is 23.6. The van der Waals surface area contributed by atoms with Crippen LogP contribution in [0.25, 0.3) is 0 Å². The summed E-state index contributed by atoms with van der Waals surface area (Å²) in [4.78, 5) is 13.1. The molecule has 0 saturated carbocycles. The van der Waals surface area contributed by atoms with Crippen LogP contribution in [0.15, 0.2) is 114 Å².